The van der Waals surface area contributed by atoms with Gasteiger partial charge in [0.15, 0.2) is 0 Å². The van der Waals surface area contributed by atoms with Crippen LogP contribution in [0.25, 0.3) is 0 Å². The summed E-state index contributed by atoms with van der Waals surface area (Å²) < 4.78 is 6.55. The number of nitrogen functional groups attached to an aromatic ring is 1. The lowest BCUT2D eigenvalue weighted by Crippen LogP contribution is -2.11. The number of thiophene rings is 1. The number of carbonyl (C=O) groups is 1. The second-order valence-electron chi connectivity index (χ2n) is 3.73. The Hall–Kier alpha value is -1.75. The van der Waals surface area contributed by atoms with Gasteiger partial charge >= 0.3 is 5.97 Å². The highest BCUT2D eigenvalue weighted by atomic mass is 32.1. The van der Waals surface area contributed by atoms with E-state index in [1.165, 1.54) is 12.7 Å². The third-order valence-corrected chi connectivity index (χ3v) is 3.27. The van der Waals surface area contributed by atoms with Gasteiger partial charge in [0.1, 0.15) is 5.69 Å². The lowest BCUT2D eigenvalue weighted by molar-refractivity contribution is 0.0588. The van der Waals surface area contributed by atoms with Crippen LogP contribution in [0.5, 0.6) is 0 Å². The summed E-state index contributed by atoms with van der Waals surface area (Å²) in [4.78, 5) is 11.5. The molecule has 2 rings (SSSR count). The Morgan fingerprint density at radius 1 is 1.59 bits per heavy atom. The Morgan fingerprint density at radius 2 is 2.41 bits per heavy atom. The first-order chi connectivity index (χ1) is 8.20. The van der Waals surface area contributed by atoms with Crippen molar-refractivity contribution in [1.29, 1.82) is 0 Å². The molecule has 0 fully saturated rings. The lowest BCUT2D eigenvalue weighted by Gasteiger charge is -2.06. The number of carbonyl (C=O) groups excluding carboxylic acids is 1. The summed E-state index contributed by atoms with van der Waals surface area (Å²) in [6, 6.07) is 3.72. The average Bonchev–Trinajstić information content (AvgIpc) is 2.94. The highest BCUT2D eigenvalue weighted by Crippen LogP contribution is 2.14. The lowest BCUT2D eigenvalue weighted by atomic mass is 10.2. The molecule has 2 heterocycles. The topological polar surface area (TPSA) is 57.2 Å². The predicted molar refractivity (Wildman–Crippen MR) is 68.2 cm³/mol. The number of nitrogens with zero attached hydrogens (tertiary/aromatic N) is 1. The molecule has 0 aliphatic heterocycles. The molecule has 0 bridgehead atoms. The molecule has 0 saturated carbocycles. The van der Waals surface area contributed by atoms with Gasteiger partial charge in [0.2, 0.25) is 0 Å². The van der Waals surface area contributed by atoms with Crippen molar-refractivity contribution in [2.45, 2.75) is 13.0 Å². The molecule has 0 saturated heterocycles. The number of methoxy groups -OCH3 is 1. The van der Waals surface area contributed by atoms with E-state index in [1.54, 1.807) is 23.6 Å². The minimum Gasteiger partial charge on any atom is -0.464 e. The van der Waals surface area contributed by atoms with E-state index in [-0.39, 0.29) is 5.97 Å². The SMILES string of the molecule is COC(=O)c1cc(N)cn1CCc1ccsc1. The first-order valence-corrected chi connectivity index (χ1v) is 6.20. The monoisotopic (exact) mass is 250 g/mol. The number of hydrogen-bond donors (Lipinski definition) is 1. The van der Waals surface area contributed by atoms with E-state index in [9.17, 15) is 4.79 Å². The third kappa shape index (κ3) is 2.68. The summed E-state index contributed by atoms with van der Waals surface area (Å²) in [5.41, 5.74) is 8.04. The van der Waals surface area contributed by atoms with E-state index < -0.39 is 0 Å². The summed E-state index contributed by atoms with van der Waals surface area (Å²) in [5, 5.41) is 4.14. The normalized spacial score (nSPS) is 10.4. The molecule has 0 aromatic carbocycles. The van der Waals surface area contributed by atoms with Gasteiger partial charge in [0, 0.05) is 12.7 Å². The van der Waals surface area contributed by atoms with Crippen LogP contribution in [0.3, 0.4) is 0 Å². The maximum atomic E-state index is 11.5. The zero-order chi connectivity index (χ0) is 12.3. The van der Waals surface area contributed by atoms with Crippen LogP contribution in [0.2, 0.25) is 0 Å². The molecule has 0 spiro atoms. The molecule has 0 unspecified atom stereocenters. The summed E-state index contributed by atoms with van der Waals surface area (Å²) >= 11 is 1.67. The summed E-state index contributed by atoms with van der Waals surface area (Å²) in [6.45, 7) is 0.721. The number of nitrogens with two attached hydrogens (primary N) is 1. The van der Waals surface area contributed by atoms with Gasteiger partial charge in [0.05, 0.1) is 12.8 Å². The minimum atomic E-state index is -0.355. The number of ether oxygens (including phenoxy) is 1. The molecule has 0 aliphatic rings. The molecule has 5 heteroatoms. The summed E-state index contributed by atoms with van der Waals surface area (Å²) in [5.74, 6) is -0.355. The van der Waals surface area contributed by atoms with Crippen molar-refractivity contribution in [2.24, 2.45) is 0 Å². The van der Waals surface area contributed by atoms with Crippen LogP contribution in [-0.2, 0) is 17.7 Å². The molecule has 2 aromatic heterocycles. The molecule has 90 valence electrons. The average molecular weight is 250 g/mol. The van der Waals surface area contributed by atoms with Crippen LogP contribution in [0.1, 0.15) is 16.1 Å². The maximum absolute atomic E-state index is 11.5. The molecule has 4 nitrogen and oxygen atoms in total. The Morgan fingerprint density at radius 3 is 3.06 bits per heavy atom. The van der Waals surface area contributed by atoms with Gasteiger partial charge in [-0.15, -0.1) is 0 Å². The van der Waals surface area contributed by atoms with E-state index in [4.69, 9.17) is 10.5 Å². The van der Waals surface area contributed by atoms with Crippen LogP contribution in [0, 0.1) is 0 Å². The first-order valence-electron chi connectivity index (χ1n) is 5.25. The summed E-state index contributed by atoms with van der Waals surface area (Å²) in [7, 11) is 1.37. The van der Waals surface area contributed by atoms with Gasteiger partial charge in [-0.3, -0.25) is 0 Å². The fourth-order valence-electron chi connectivity index (χ4n) is 1.68. The quantitative estimate of drug-likeness (QED) is 0.846. The Balaban J connectivity index is 2.12. The van der Waals surface area contributed by atoms with E-state index >= 15 is 0 Å². The zero-order valence-corrected chi connectivity index (χ0v) is 10.4. The van der Waals surface area contributed by atoms with Crippen LogP contribution < -0.4 is 5.73 Å². The third-order valence-electron chi connectivity index (χ3n) is 2.53. The van der Waals surface area contributed by atoms with Crippen LogP contribution in [0.4, 0.5) is 5.69 Å². The molecule has 2 aromatic rings. The number of aryl methyl sites for hydroxylation is 2. The maximum Gasteiger partial charge on any atom is 0.354 e. The van der Waals surface area contributed by atoms with Crippen molar-refractivity contribution < 1.29 is 9.53 Å². The number of hydrogen-bond acceptors (Lipinski definition) is 4. The van der Waals surface area contributed by atoms with Gasteiger partial charge in [0.25, 0.3) is 0 Å². The van der Waals surface area contributed by atoms with E-state index in [2.05, 4.69) is 11.4 Å². The molecule has 0 aliphatic carbocycles. The molecular formula is C12H14N2O2S. The number of aromatic nitrogens is 1. The second-order valence-corrected chi connectivity index (χ2v) is 4.51. The highest BCUT2D eigenvalue weighted by molar-refractivity contribution is 7.07. The molecule has 0 radical (unpaired) electrons. The Bertz CT molecular complexity index is 503. The van der Waals surface area contributed by atoms with Crippen molar-refractivity contribution in [3.05, 3.63) is 40.3 Å². The van der Waals surface area contributed by atoms with Crippen molar-refractivity contribution in [3.63, 3.8) is 0 Å². The fourth-order valence-corrected chi connectivity index (χ4v) is 2.38. The molecule has 0 atom stereocenters. The molecule has 0 amide bonds. The summed E-state index contributed by atoms with van der Waals surface area (Å²) in [6.07, 6.45) is 2.64. The second kappa shape index (κ2) is 5.05. The van der Waals surface area contributed by atoms with Crippen molar-refractivity contribution in [1.82, 2.24) is 4.57 Å². The molecular weight excluding hydrogens is 236 g/mol. The molecule has 2 N–H and O–H groups in total. The first kappa shape index (κ1) is 11.7. The van der Waals surface area contributed by atoms with E-state index in [1.807, 2.05) is 9.95 Å². The van der Waals surface area contributed by atoms with Crippen LogP contribution >= 0.6 is 11.3 Å². The molecule has 17 heavy (non-hydrogen) atoms. The van der Waals surface area contributed by atoms with E-state index in [0.29, 0.717) is 11.4 Å². The zero-order valence-electron chi connectivity index (χ0n) is 9.55. The van der Waals surface area contributed by atoms with Crippen LogP contribution in [0.15, 0.2) is 29.1 Å². The van der Waals surface area contributed by atoms with Gasteiger partial charge in [-0.05, 0) is 34.9 Å². The van der Waals surface area contributed by atoms with E-state index in [0.717, 1.165) is 13.0 Å². The van der Waals surface area contributed by atoms with Crippen molar-refractivity contribution in [2.75, 3.05) is 12.8 Å². The number of anilines is 1. The minimum absolute atomic E-state index is 0.355. The Labute approximate surface area is 104 Å². The van der Waals surface area contributed by atoms with Crippen molar-refractivity contribution in [3.8, 4) is 0 Å². The van der Waals surface area contributed by atoms with Crippen molar-refractivity contribution >= 4 is 23.0 Å². The number of rotatable bonds is 4. The van der Waals surface area contributed by atoms with Gasteiger partial charge in [-0.1, -0.05) is 0 Å². The highest BCUT2D eigenvalue weighted by Gasteiger charge is 2.12. The smallest absolute Gasteiger partial charge is 0.354 e. The standard InChI is InChI=1S/C12H14N2O2S/c1-16-12(15)11-6-10(13)7-14(11)4-2-9-3-5-17-8-9/h3,5-8H,2,4,13H2,1H3. The fraction of sp³-hybridized carbons (Fsp3) is 0.250. The van der Waals surface area contributed by atoms with Crippen LogP contribution in [-0.4, -0.2) is 17.6 Å². The largest absolute Gasteiger partial charge is 0.464 e. The predicted octanol–water partition coefficient (Wildman–Crippen LogP) is 2.16. The van der Waals surface area contributed by atoms with Gasteiger partial charge in [-0.25, -0.2) is 4.79 Å². The number of esters is 1. The Kier molecular flexibility index (Phi) is 3.49. The van der Waals surface area contributed by atoms with Gasteiger partial charge < -0.3 is 15.0 Å². The van der Waals surface area contributed by atoms with Gasteiger partial charge in [-0.2, -0.15) is 11.3 Å².